The Morgan fingerprint density at radius 2 is 2.00 bits per heavy atom. The first-order chi connectivity index (χ1) is 8.59. The van der Waals surface area contributed by atoms with Crippen molar-refractivity contribution in [1.29, 1.82) is 0 Å². The number of non-ortho nitro benzene ring substituents is 1. The van der Waals surface area contributed by atoms with E-state index in [9.17, 15) is 14.9 Å². The third kappa shape index (κ3) is 2.50. The normalized spacial score (nSPS) is 19.6. The van der Waals surface area contributed by atoms with Gasteiger partial charge in [-0.2, -0.15) is 0 Å². The molecule has 5 nitrogen and oxygen atoms in total. The summed E-state index contributed by atoms with van der Waals surface area (Å²) in [6, 6.07) is 6.33. The van der Waals surface area contributed by atoms with Gasteiger partial charge in [0.25, 0.3) is 5.69 Å². The molecular formula is C13H16N2O3. The van der Waals surface area contributed by atoms with E-state index >= 15 is 0 Å². The molecule has 1 aliphatic rings. The van der Waals surface area contributed by atoms with Crippen molar-refractivity contribution in [2.45, 2.75) is 32.2 Å². The third-order valence-electron chi connectivity index (χ3n) is 3.36. The molecule has 1 aromatic rings. The summed E-state index contributed by atoms with van der Waals surface area (Å²) in [4.78, 5) is 23.8. The first-order valence-electron chi connectivity index (χ1n) is 6.11. The Morgan fingerprint density at radius 3 is 2.56 bits per heavy atom. The molecule has 18 heavy (non-hydrogen) atoms. The van der Waals surface area contributed by atoms with Crippen molar-refractivity contribution in [2.24, 2.45) is 0 Å². The zero-order valence-corrected chi connectivity index (χ0v) is 10.3. The Balaban J connectivity index is 2.23. The van der Waals surface area contributed by atoms with Crippen LogP contribution in [-0.2, 0) is 4.79 Å². The molecule has 1 unspecified atom stereocenters. The zero-order valence-electron chi connectivity index (χ0n) is 10.3. The van der Waals surface area contributed by atoms with Crippen LogP contribution in [0.4, 0.5) is 11.4 Å². The maximum absolute atomic E-state index is 11.6. The Labute approximate surface area is 106 Å². The van der Waals surface area contributed by atoms with Crippen molar-refractivity contribution in [3.63, 3.8) is 0 Å². The van der Waals surface area contributed by atoms with Crippen molar-refractivity contribution in [3.8, 4) is 0 Å². The van der Waals surface area contributed by atoms with Crippen LogP contribution < -0.4 is 4.90 Å². The lowest BCUT2D eigenvalue weighted by atomic mass is 9.98. The Bertz CT molecular complexity index is 456. The van der Waals surface area contributed by atoms with Gasteiger partial charge in [-0.25, -0.2) is 0 Å². The molecule has 0 aromatic heterocycles. The fourth-order valence-electron chi connectivity index (χ4n) is 2.43. The number of carbonyl (C=O) groups is 1. The molecule has 0 saturated carbocycles. The van der Waals surface area contributed by atoms with Crippen molar-refractivity contribution in [2.75, 3.05) is 11.4 Å². The van der Waals surface area contributed by atoms with Crippen LogP contribution in [0.1, 0.15) is 26.2 Å². The van der Waals surface area contributed by atoms with Gasteiger partial charge in [0.15, 0.2) is 5.78 Å². The highest BCUT2D eigenvalue weighted by Gasteiger charge is 2.26. The third-order valence-corrected chi connectivity index (χ3v) is 3.36. The number of Topliss-reactive ketones (excluding diaryl/α,β-unsaturated/α-hetero) is 1. The minimum Gasteiger partial charge on any atom is -0.361 e. The maximum Gasteiger partial charge on any atom is 0.269 e. The first kappa shape index (κ1) is 12.5. The van der Waals surface area contributed by atoms with Gasteiger partial charge in [0, 0.05) is 24.4 Å². The Morgan fingerprint density at radius 1 is 1.33 bits per heavy atom. The molecule has 5 heteroatoms. The number of benzene rings is 1. The second kappa shape index (κ2) is 5.16. The molecule has 0 amide bonds. The lowest BCUT2D eigenvalue weighted by Crippen LogP contribution is -2.43. The van der Waals surface area contributed by atoms with Crippen LogP contribution in [0.2, 0.25) is 0 Å². The van der Waals surface area contributed by atoms with E-state index in [0.29, 0.717) is 0 Å². The van der Waals surface area contributed by atoms with E-state index in [0.717, 1.165) is 31.5 Å². The summed E-state index contributed by atoms with van der Waals surface area (Å²) >= 11 is 0. The smallest absolute Gasteiger partial charge is 0.269 e. The Hall–Kier alpha value is -1.91. The maximum atomic E-state index is 11.6. The van der Waals surface area contributed by atoms with Gasteiger partial charge in [-0.3, -0.25) is 14.9 Å². The van der Waals surface area contributed by atoms with Crippen LogP contribution in [0.3, 0.4) is 0 Å². The number of hydrogen-bond donors (Lipinski definition) is 0. The summed E-state index contributed by atoms with van der Waals surface area (Å²) in [7, 11) is 0. The summed E-state index contributed by atoms with van der Waals surface area (Å²) in [6.45, 7) is 2.44. The van der Waals surface area contributed by atoms with E-state index in [-0.39, 0.29) is 17.5 Å². The van der Waals surface area contributed by atoms with Gasteiger partial charge in [0.1, 0.15) is 0 Å². The van der Waals surface area contributed by atoms with Gasteiger partial charge < -0.3 is 4.90 Å². The molecule has 0 spiro atoms. The molecule has 1 aliphatic heterocycles. The minimum atomic E-state index is -0.414. The molecule has 1 aromatic carbocycles. The number of piperidine rings is 1. The number of ketones is 1. The molecule has 2 rings (SSSR count). The van der Waals surface area contributed by atoms with E-state index in [2.05, 4.69) is 4.90 Å². The molecule has 0 N–H and O–H groups in total. The lowest BCUT2D eigenvalue weighted by molar-refractivity contribution is -0.384. The molecule has 1 atom stereocenters. The predicted octanol–water partition coefficient (Wildman–Crippen LogP) is 2.54. The summed E-state index contributed by atoms with van der Waals surface area (Å²) < 4.78 is 0. The molecule has 1 heterocycles. The van der Waals surface area contributed by atoms with Gasteiger partial charge in [0.2, 0.25) is 0 Å². The van der Waals surface area contributed by atoms with Crippen LogP contribution in [0, 0.1) is 10.1 Å². The standard InChI is InChI=1S/C13H16N2O3/c1-10(16)13-4-2-3-9-14(13)11-5-7-12(8-6-11)15(17)18/h5-8,13H,2-4,9H2,1H3. The minimum absolute atomic E-state index is 0.0788. The molecule has 1 fully saturated rings. The predicted molar refractivity (Wildman–Crippen MR) is 68.8 cm³/mol. The van der Waals surface area contributed by atoms with E-state index in [1.807, 2.05) is 0 Å². The van der Waals surface area contributed by atoms with E-state index in [1.54, 1.807) is 19.1 Å². The van der Waals surface area contributed by atoms with E-state index < -0.39 is 4.92 Å². The SMILES string of the molecule is CC(=O)C1CCCCN1c1ccc([N+](=O)[O-])cc1. The Kier molecular flexibility index (Phi) is 3.60. The average Bonchev–Trinajstić information content (AvgIpc) is 2.39. The summed E-state index contributed by atoms with van der Waals surface area (Å²) in [5, 5.41) is 10.6. The van der Waals surface area contributed by atoms with Crippen LogP contribution >= 0.6 is 0 Å². The zero-order chi connectivity index (χ0) is 13.1. The number of carbonyl (C=O) groups excluding carboxylic acids is 1. The van der Waals surface area contributed by atoms with Crippen molar-refractivity contribution >= 4 is 17.2 Å². The van der Waals surface area contributed by atoms with E-state index in [4.69, 9.17) is 0 Å². The summed E-state index contributed by atoms with van der Waals surface area (Å²) in [5.41, 5.74) is 0.968. The van der Waals surface area contributed by atoms with Crippen molar-refractivity contribution in [3.05, 3.63) is 34.4 Å². The summed E-state index contributed by atoms with van der Waals surface area (Å²) in [5.74, 6) is 0.160. The fourth-order valence-corrected chi connectivity index (χ4v) is 2.43. The van der Waals surface area contributed by atoms with Gasteiger partial charge in [-0.15, -0.1) is 0 Å². The molecule has 0 aliphatic carbocycles. The van der Waals surface area contributed by atoms with Crippen molar-refractivity contribution < 1.29 is 9.72 Å². The number of hydrogen-bond acceptors (Lipinski definition) is 4. The largest absolute Gasteiger partial charge is 0.361 e. The highest BCUT2D eigenvalue weighted by molar-refractivity contribution is 5.85. The van der Waals surface area contributed by atoms with Crippen LogP contribution in [-0.4, -0.2) is 23.3 Å². The number of nitrogens with zero attached hydrogens (tertiary/aromatic N) is 2. The van der Waals surface area contributed by atoms with Crippen LogP contribution in [0.25, 0.3) is 0 Å². The van der Waals surface area contributed by atoms with Gasteiger partial charge in [0.05, 0.1) is 11.0 Å². The number of anilines is 1. The molecule has 0 bridgehead atoms. The molecule has 1 saturated heterocycles. The number of nitro groups is 1. The molecule has 96 valence electrons. The highest BCUT2D eigenvalue weighted by atomic mass is 16.6. The quantitative estimate of drug-likeness (QED) is 0.609. The molecular weight excluding hydrogens is 232 g/mol. The van der Waals surface area contributed by atoms with Gasteiger partial charge in [-0.1, -0.05) is 0 Å². The van der Waals surface area contributed by atoms with E-state index in [1.165, 1.54) is 12.1 Å². The van der Waals surface area contributed by atoms with Crippen LogP contribution in [0.15, 0.2) is 24.3 Å². The van der Waals surface area contributed by atoms with Crippen molar-refractivity contribution in [1.82, 2.24) is 0 Å². The second-order valence-corrected chi connectivity index (χ2v) is 4.59. The number of nitro benzene ring substituents is 1. The van der Waals surface area contributed by atoms with Crippen LogP contribution in [0.5, 0.6) is 0 Å². The summed E-state index contributed by atoms with van der Waals surface area (Å²) in [6.07, 6.45) is 2.99. The van der Waals surface area contributed by atoms with Gasteiger partial charge in [-0.05, 0) is 38.3 Å². The average molecular weight is 248 g/mol. The monoisotopic (exact) mass is 248 g/mol. The topological polar surface area (TPSA) is 63.5 Å². The highest BCUT2D eigenvalue weighted by Crippen LogP contribution is 2.26. The lowest BCUT2D eigenvalue weighted by Gasteiger charge is -2.36. The second-order valence-electron chi connectivity index (χ2n) is 4.59. The fraction of sp³-hybridized carbons (Fsp3) is 0.462. The molecule has 0 radical (unpaired) electrons. The first-order valence-corrected chi connectivity index (χ1v) is 6.11. The number of rotatable bonds is 3. The van der Waals surface area contributed by atoms with Gasteiger partial charge >= 0.3 is 0 Å².